The quantitative estimate of drug-likeness (QED) is 0.856. The largest absolute Gasteiger partial charge is 0.348 e. The Morgan fingerprint density at radius 3 is 2.35 bits per heavy atom. The number of carbonyl (C=O) groups excluding carboxylic acids is 1. The van der Waals surface area contributed by atoms with Gasteiger partial charge in [0.15, 0.2) is 0 Å². The van der Waals surface area contributed by atoms with Crippen molar-refractivity contribution in [2.24, 2.45) is 0 Å². The molecule has 1 amide bonds. The van der Waals surface area contributed by atoms with Crippen molar-refractivity contribution in [2.45, 2.75) is 6.54 Å². The van der Waals surface area contributed by atoms with Crippen LogP contribution in [0.3, 0.4) is 0 Å². The van der Waals surface area contributed by atoms with Crippen LogP contribution >= 0.6 is 22.6 Å². The molecule has 0 spiro atoms. The first-order valence-electron chi connectivity index (χ1n) is 5.34. The molecule has 0 radical (unpaired) electrons. The van der Waals surface area contributed by atoms with E-state index >= 15 is 0 Å². The second-order valence-electron chi connectivity index (χ2n) is 3.64. The zero-order valence-corrected chi connectivity index (χ0v) is 11.3. The third-order valence-corrected chi connectivity index (χ3v) is 3.49. The van der Waals surface area contributed by atoms with Gasteiger partial charge in [0.2, 0.25) is 0 Å². The molecular formula is C14H12INO. The molecule has 86 valence electrons. The van der Waals surface area contributed by atoms with Gasteiger partial charge in [0.25, 0.3) is 5.91 Å². The smallest absolute Gasteiger partial charge is 0.251 e. The molecule has 0 aromatic heterocycles. The Morgan fingerprint density at radius 2 is 1.65 bits per heavy atom. The minimum absolute atomic E-state index is 0.0368. The molecule has 2 aromatic carbocycles. The second kappa shape index (κ2) is 5.82. The molecule has 2 rings (SSSR count). The van der Waals surface area contributed by atoms with E-state index < -0.39 is 0 Å². The number of amides is 1. The summed E-state index contributed by atoms with van der Waals surface area (Å²) < 4.78 is 1.17. The van der Waals surface area contributed by atoms with Crippen molar-refractivity contribution in [2.75, 3.05) is 0 Å². The fraction of sp³-hybridized carbons (Fsp3) is 0.0714. The van der Waals surface area contributed by atoms with E-state index in [1.54, 1.807) is 0 Å². The Balaban J connectivity index is 2.00. The highest BCUT2D eigenvalue weighted by molar-refractivity contribution is 14.1. The Hall–Kier alpha value is -1.36. The van der Waals surface area contributed by atoms with Crippen molar-refractivity contribution in [1.29, 1.82) is 0 Å². The van der Waals surface area contributed by atoms with Crippen LogP contribution in [-0.4, -0.2) is 5.91 Å². The molecule has 0 saturated heterocycles. The highest BCUT2D eigenvalue weighted by atomic mass is 127. The maximum absolute atomic E-state index is 11.8. The third-order valence-electron chi connectivity index (χ3n) is 2.43. The summed E-state index contributed by atoms with van der Waals surface area (Å²) in [4.78, 5) is 11.8. The van der Waals surface area contributed by atoms with Gasteiger partial charge in [0, 0.05) is 15.7 Å². The van der Waals surface area contributed by atoms with Crippen LogP contribution in [0.15, 0.2) is 54.6 Å². The lowest BCUT2D eigenvalue weighted by Gasteiger charge is -2.06. The van der Waals surface area contributed by atoms with Crippen LogP contribution in [0.4, 0.5) is 0 Å². The maximum Gasteiger partial charge on any atom is 0.251 e. The normalized spacial score (nSPS) is 9.94. The third kappa shape index (κ3) is 3.30. The van der Waals surface area contributed by atoms with Gasteiger partial charge in [-0.3, -0.25) is 4.79 Å². The van der Waals surface area contributed by atoms with Crippen LogP contribution in [0.5, 0.6) is 0 Å². The zero-order valence-electron chi connectivity index (χ0n) is 9.19. The van der Waals surface area contributed by atoms with E-state index in [9.17, 15) is 4.79 Å². The van der Waals surface area contributed by atoms with E-state index in [-0.39, 0.29) is 5.91 Å². The van der Waals surface area contributed by atoms with Crippen molar-refractivity contribution in [3.63, 3.8) is 0 Å². The summed E-state index contributed by atoms with van der Waals surface area (Å²) in [5.74, 6) is -0.0368. The fourth-order valence-corrected chi connectivity index (χ4v) is 2.09. The summed E-state index contributed by atoms with van der Waals surface area (Å²) in [6, 6.07) is 17.3. The van der Waals surface area contributed by atoms with Crippen LogP contribution in [-0.2, 0) is 6.54 Å². The molecule has 2 aromatic rings. The molecule has 0 aliphatic carbocycles. The Bertz CT molecular complexity index is 511. The van der Waals surface area contributed by atoms with E-state index in [1.165, 1.54) is 3.57 Å². The van der Waals surface area contributed by atoms with E-state index in [0.717, 1.165) is 5.56 Å². The summed E-state index contributed by atoms with van der Waals surface area (Å²) in [5.41, 5.74) is 1.83. The molecule has 0 heterocycles. The Morgan fingerprint density at radius 1 is 1.00 bits per heavy atom. The van der Waals surface area contributed by atoms with E-state index in [4.69, 9.17) is 0 Å². The standard InChI is InChI=1S/C14H12INO/c15-13-9-5-4-8-12(13)10-16-14(17)11-6-2-1-3-7-11/h1-9H,10H2,(H,16,17). The van der Waals surface area contributed by atoms with Gasteiger partial charge in [-0.15, -0.1) is 0 Å². The Labute approximate surface area is 114 Å². The number of halogens is 1. The van der Waals surface area contributed by atoms with Gasteiger partial charge in [-0.25, -0.2) is 0 Å². The lowest BCUT2D eigenvalue weighted by Crippen LogP contribution is -2.23. The van der Waals surface area contributed by atoms with Crippen molar-refractivity contribution < 1.29 is 4.79 Å². The zero-order chi connectivity index (χ0) is 12.1. The maximum atomic E-state index is 11.8. The summed E-state index contributed by atoms with van der Waals surface area (Å²) in [5, 5.41) is 2.91. The molecule has 0 aliphatic rings. The summed E-state index contributed by atoms with van der Waals surface area (Å²) in [6.45, 7) is 0.562. The predicted molar refractivity (Wildman–Crippen MR) is 76.8 cm³/mol. The predicted octanol–water partition coefficient (Wildman–Crippen LogP) is 3.22. The fourth-order valence-electron chi connectivity index (χ4n) is 1.51. The molecule has 0 bridgehead atoms. The van der Waals surface area contributed by atoms with Gasteiger partial charge in [0.1, 0.15) is 0 Å². The SMILES string of the molecule is O=C(NCc1ccccc1I)c1ccccc1. The highest BCUT2D eigenvalue weighted by Gasteiger charge is 2.04. The number of benzene rings is 2. The highest BCUT2D eigenvalue weighted by Crippen LogP contribution is 2.11. The van der Waals surface area contributed by atoms with Crippen LogP contribution in [0, 0.1) is 3.57 Å². The lowest BCUT2D eigenvalue weighted by atomic mass is 10.2. The summed E-state index contributed by atoms with van der Waals surface area (Å²) in [7, 11) is 0. The van der Waals surface area contributed by atoms with Crippen molar-refractivity contribution >= 4 is 28.5 Å². The minimum atomic E-state index is -0.0368. The van der Waals surface area contributed by atoms with E-state index in [2.05, 4.69) is 27.9 Å². The summed E-state index contributed by atoms with van der Waals surface area (Å²) >= 11 is 2.27. The van der Waals surface area contributed by atoms with Crippen molar-refractivity contribution in [3.05, 3.63) is 69.3 Å². The van der Waals surface area contributed by atoms with Crippen molar-refractivity contribution in [3.8, 4) is 0 Å². The second-order valence-corrected chi connectivity index (χ2v) is 4.80. The average Bonchev–Trinajstić information content (AvgIpc) is 2.38. The van der Waals surface area contributed by atoms with Crippen LogP contribution in [0.25, 0.3) is 0 Å². The van der Waals surface area contributed by atoms with E-state index in [1.807, 2.05) is 54.6 Å². The summed E-state index contributed by atoms with van der Waals surface area (Å²) in [6.07, 6.45) is 0. The molecule has 0 unspecified atom stereocenters. The topological polar surface area (TPSA) is 29.1 Å². The number of rotatable bonds is 3. The van der Waals surface area contributed by atoms with E-state index in [0.29, 0.717) is 12.1 Å². The van der Waals surface area contributed by atoms with Gasteiger partial charge in [-0.1, -0.05) is 36.4 Å². The van der Waals surface area contributed by atoms with Gasteiger partial charge in [0.05, 0.1) is 0 Å². The first-order chi connectivity index (χ1) is 8.27. The molecule has 1 N–H and O–H groups in total. The molecule has 2 nitrogen and oxygen atoms in total. The molecule has 0 atom stereocenters. The first-order valence-corrected chi connectivity index (χ1v) is 6.42. The average molecular weight is 337 g/mol. The molecular weight excluding hydrogens is 325 g/mol. The molecule has 0 saturated carbocycles. The molecule has 17 heavy (non-hydrogen) atoms. The van der Waals surface area contributed by atoms with Gasteiger partial charge in [-0.2, -0.15) is 0 Å². The van der Waals surface area contributed by atoms with Gasteiger partial charge >= 0.3 is 0 Å². The van der Waals surface area contributed by atoms with Crippen LogP contribution < -0.4 is 5.32 Å². The number of carbonyl (C=O) groups is 1. The van der Waals surface area contributed by atoms with Crippen LogP contribution in [0.1, 0.15) is 15.9 Å². The first kappa shape index (κ1) is 12.1. The van der Waals surface area contributed by atoms with Gasteiger partial charge in [-0.05, 0) is 46.4 Å². The van der Waals surface area contributed by atoms with Crippen molar-refractivity contribution in [1.82, 2.24) is 5.32 Å². The molecule has 0 fully saturated rings. The Kier molecular flexibility index (Phi) is 4.14. The number of hydrogen-bond acceptors (Lipinski definition) is 1. The molecule has 0 aliphatic heterocycles. The van der Waals surface area contributed by atoms with Crippen LogP contribution in [0.2, 0.25) is 0 Å². The molecule has 3 heteroatoms. The van der Waals surface area contributed by atoms with Gasteiger partial charge < -0.3 is 5.32 Å². The minimum Gasteiger partial charge on any atom is -0.348 e. The lowest BCUT2D eigenvalue weighted by molar-refractivity contribution is 0.0951. The monoisotopic (exact) mass is 337 g/mol. The number of hydrogen-bond donors (Lipinski definition) is 1. The number of nitrogens with one attached hydrogen (secondary N) is 1.